The highest BCUT2D eigenvalue weighted by Gasteiger charge is 2.37. The molecule has 3 rings (SSSR count). The number of carbonyl (C=O) groups is 1. The van der Waals surface area contributed by atoms with Gasteiger partial charge in [0.05, 0.1) is 0 Å². The summed E-state index contributed by atoms with van der Waals surface area (Å²) in [6.45, 7) is 6.13. The van der Waals surface area contributed by atoms with Gasteiger partial charge in [-0.05, 0) is 56.9 Å². The predicted octanol–water partition coefficient (Wildman–Crippen LogP) is 4.62. The van der Waals surface area contributed by atoms with Gasteiger partial charge in [0.25, 0.3) is 5.91 Å². The van der Waals surface area contributed by atoms with Crippen molar-refractivity contribution >= 4 is 11.6 Å². The largest absolute Gasteiger partial charge is 0.362 e. The van der Waals surface area contributed by atoms with Crippen LogP contribution in [-0.4, -0.2) is 23.0 Å². The van der Waals surface area contributed by atoms with Crippen LogP contribution in [0.15, 0.2) is 71.8 Å². The van der Waals surface area contributed by atoms with Crippen LogP contribution in [0.1, 0.15) is 32.8 Å². The van der Waals surface area contributed by atoms with Crippen LogP contribution >= 0.6 is 0 Å². The fraction of sp³-hybridized carbons (Fsp3) is 0.318. The Balaban J connectivity index is 1.74. The summed E-state index contributed by atoms with van der Waals surface area (Å²) >= 11 is 0. The van der Waals surface area contributed by atoms with E-state index >= 15 is 0 Å². The number of hydrogen-bond donors (Lipinski definition) is 1. The van der Waals surface area contributed by atoms with Gasteiger partial charge in [0.2, 0.25) is 0 Å². The number of rotatable bonds is 6. The molecule has 0 saturated carbocycles. The first-order chi connectivity index (χ1) is 12.1. The van der Waals surface area contributed by atoms with Crippen LogP contribution in [-0.2, 0) is 11.2 Å². The van der Waals surface area contributed by atoms with Crippen molar-refractivity contribution in [3.63, 3.8) is 0 Å². The topological polar surface area (TPSA) is 32.3 Å². The molecule has 1 aliphatic heterocycles. The van der Waals surface area contributed by atoms with Gasteiger partial charge in [-0.1, -0.05) is 48.5 Å². The van der Waals surface area contributed by atoms with Gasteiger partial charge in [0.1, 0.15) is 6.17 Å². The number of aryl methyl sites for hydroxylation is 1. The summed E-state index contributed by atoms with van der Waals surface area (Å²) in [5.41, 5.74) is 4.32. The van der Waals surface area contributed by atoms with E-state index in [1.807, 2.05) is 48.2 Å². The molecule has 2 atom stereocenters. The molecule has 0 spiro atoms. The molecule has 0 saturated heterocycles. The normalized spacial score (nSPS) is 18.6. The lowest BCUT2D eigenvalue weighted by molar-refractivity contribution is -0.128. The number of amides is 1. The first-order valence-corrected chi connectivity index (χ1v) is 8.93. The summed E-state index contributed by atoms with van der Waals surface area (Å²) < 4.78 is 0. The summed E-state index contributed by atoms with van der Waals surface area (Å²) in [4.78, 5) is 14.8. The Hall–Kier alpha value is -2.55. The number of nitrogens with zero attached hydrogens (tertiary/aromatic N) is 1. The van der Waals surface area contributed by atoms with Crippen molar-refractivity contribution < 1.29 is 4.79 Å². The van der Waals surface area contributed by atoms with Crippen LogP contribution in [0.2, 0.25) is 0 Å². The quantitative estimate of drug-likeness (QED) is 0.836. The molecule has 0 unspecified atom stereocenters. The molecule has 1 heterocycles. The number of hydrogen-bond acceptors (Lipinski definition) is 2. The van der Waals surface area contributed by atoms with Gasteiger partial charge in [-0.2, -0.15) is 0 Å². The molecule has 0 radical (unpaired) electrons. The zero-order valence-corrected chi connectivity index (χ0v) is 15.2. The number of nitrogens with one attached hydrogen (secondary N) is 1. The second-order valence-electron chi connectivity index (χ2n) is 6.81. The molecular weight excluding hydrogens is 308 g/mol. The molecule has 130 valence electrons. The van der Waals surface area contributed by atoms with Gasteiger partial charge >= 0.3 is 0 Å². The van der Waals surface area contributed by atoms with Crippen molar-refractivity contribution in [2.75, 3.05) is 5.32 Å². The van der Waals surface area contributed by atoms with E-state index in [9.17, 15) is 4.79 Å². The number of carbonyl (C=O) groups excluding carboxylic acids is 1. The Morgan fingerprint density at radius 2 is 1.60 bits per heavy atom. The standard InChI is InChI=1S/C22H26N2O/c1-16(14-15-19-10-6-4-7-11-19)24-21(17(2)18(3)22(24)25)23-20-12-8-5-9-13-20/h4-13,16,21,23H,14-15H2,1-3H3/t16-,21-/m0/s1. The van der Waals surface area contributed by atoms with Crippen molar-refractivity contribution in [1.82, 2.24) is 4.90 Å². The smallest absolute Gasteiger partial charge is 0.251 e. The monoisotopic (exact) mass is 334 g/mol. The summed E-state index contributed by atoms with van der Waals surface area (Å²) in [7, 11) is 0. The molecule has 1 aliphatic rings. The molecule has 3 heteroatoms. The van der Waals surface area contributed by atoms with Gasteiger partial charge in [0, 0.05) is 17.3 Å². The highest BCUT2D eigenvalue weighted by molar-refractivity contribution is 5.97. The van der Waals surface area contributed by atoms with Crippen LogP contribution < -0.4 is 5.32 Å². The number of benzene rings is 2. The second kappa shape index (κ2) is 7.56. The third kappa shape index (κ3) is 3.76. The van der Waals surface area contributed by atoms with Crippen LogP contribution in [0.5, 0.6) is 0 Å². The summed E-state index contributed by atoms with van der Waals surface area (Å²) in [6, 6.07) is 20.7. The molecule has 3 nitrogen and oxygen atoms in total. The molecule has 0 fully saturated rings. The van der Waals surface area contributed by atoms with Gasteiger partial charge < -0.3 is 10.2 Å². The Morgan fingerprint density at radius 1 is 1.00 bits per heavy atom. The lowest BCUT2D eigenvalue weighted by Crippen LogP contribution is -2.46. The van der Waals surface area contributed by atoms with Gasteiger partial charge in [-0.15, -0.1) is 0 Å². The van der Waals surface area contributed by atoms with Gasteiger partial charge in [-0.25, -0.2) is 0 Å². The number of anilines is 1. The maximum Gasteiger partial charge on any atom is 0.251 e. The third-order valence-corrected chi connectivity index (χ3v) is 5.08. The van der Waals surface area contributed by atoms with Crippen molar-refractivity contribution in [1.29, 1.82) is 0 Å². The first kappa shape index (κ1) is 17.3. The molecular formula is C22H26N2O. The molecule has 0 aliphatic carbocycles. The predicted molar refractivity (Wildman–Crippen MR) is 103 cm³/mol. The summed E-state index contributed by atoms with van der Waals surface area (Å²) in [5, 5.41) is 3.53. The molecule has 25 heavy (non-hydrogen) atoms. The van der Waals surface area contributed by atoms with E-state index in [-0.39, 0.29) is 18.1 Å². The molecule has 1 N–H and O–H groups in total. The van der Waals surface area contributed by atoms with Crippen molar-refractivity contribution in [2.45, 2.75) is 45.8 Å². The maximum atomic E-state index is 12.8. The van der Waals surface area contributed by atoms with Crippen LogP contribution in [0.4, 0.5) is 5.69 Å². The molecule has 2 aromatic rings. The van der Waals surface area contributed by atoms with E-state index < -0.39 is 0 Å². The molecule has 2 aromatic carbocycles. The minimum Gasteiger partial charge on any atom is -0.362 e. The first-order valence-electron chi connectivity index (χ1n) is 8.93. The molecule has 1 amide bonds. The second-order valence-corrected chi connectivity index (χ2v) is 6.81. The van der Waals surface area contributed by atoms with Crippen molar-refractivity contribution in [2.24, 2.45) is 0 Å². The maximum absolute atomic E-state index is 12.8. The number of para-hydroxylation sites is 1. The SMILES string of the molecule is CC1=C(C)[C@@H](Nc2ccccc2)N([C@@H](C)CCc2ccccc2)C1=O. The van der Waals surface area contributed by atoms with Crippen LogP contribution in [0.3, 0.4) is 0 Å². The van der Waals surface area contributed by atoms with Crippen molar-refractivity contribution in [3.05, 3.63) is 77.4 Å². The van der Waals surface area contributed by atoms with Crippen LogP contribution in [0.25, 0.3) is 0 Å². The summed E-state index contributed by atoms with van der Waals surface area (Å²) in [5.74, 6) is 0.145. The van der Waals surface area contributed by atoms with Gasteiger partial charge in [-0.3, -0.25) is 4.79 Å². The van der Waals surface area contributed by atoms with E-state index in [1.165, 1.54) is 5.56 Å². The van der Waals surface area contributed by atoms with E-state index in [0.717, 1.165) is 29.7 Å². The van der Waals surface area contributed by atoms with Crippen LogP contribution in [0, 0.1) is 0 Å². The lowest BCUT2D eigenvalue weighted by Gasteiger charge is -2.33. The molecule has 0 aromatic heterocycles. The van der Waals surface area contributed by atoms with Crippen molar-refractivity contribution in [3.8, 4) is 0 Å². The Morgan fingerprint density at radius 3 is 2.24 bits per heavy atom. The summed E-state index contributed by atoms with van der Waals surface area (Å²) in [6.07, 6.45) is 1.85. The Bertz CT molecular complexity index is 752. The zero-order valence-electron chi connectivity index (χ0n) is 15.2. The van der Waals surface area contributed by atoms with Gasteiger partial charge in [0.15, 0.2) is 0 Å². The van der Waals surface area contributed by atoms with E-state index in [4.69, 9.17) is 0 Å². The Kier molecular flexibility index (Phi) is 5.22. The fourth-order valence-electron chi connectivity index (χ4n) is 3.38. The van der Waals surface area contributed by atoms with E-state index in [0.29, 0.717) is 0 Å². The average Bonchev–Trinajstić information content (AvgIpc) is 2.85. The highest BCUT2D eigenvalue weighted by atomic mass is 16.2. The van der Waals surface area contributed by atoms with E-state index in [2.05, 4.69) is 43.4 Å². The average molecular weight is 334 g/mol. The minimum absolute atomic E-state index is 0.0688. The third-order valence-electron chi connectivity index (χ3n) is 5.08. The fourth-order valence-corrected chi connectivity index (χ4v) is 3.38. The minimum atomic E-state index is -0.0688. The Labute approximate surface area is 150 Å². The lowest BCUT2D eigenvalue weighted by atomic mass is 10.0. The zero-order chi connectivity index (χ0) is 17.8. The highest BCUT2D eigenvalue weighted by Crippen LogP contribution is 2.29. The van der Waals surface area contributed by atoms with E-state index in [1.54, 1.807) is 0 Å². The molecule has 0 bridgehead atoms.